The van der Waals surface area contributed by atoms with Crippen molar-refractivity contribution < 1.29 is 9.53 Å². The van der Waals surface area contributed by atoms with Gasteiger partial charge in [0, 0.05) is 12.5 Å². The first-order chi connectivity index (χ1) is 9.65. The second-order valence-electron chi connectivity index (χ2n) is 4.89. The van der Waals surface area contributed by atoms with E-state index >= 15 is 0 Å². The van der Waals surface area contributed by atoms with E-state index in [0.29, 0.717) is 6.42 Å². The van der Waals surface area contributed by atoms with Crippen LogP contribution in [-0.2, 0) is 11.2 Å². The standard InChI is InChI=1S/C17H23NO2/c1-4-6-14(3)18-17(19)12-9-15-7-10-16(11-8-15)20-13-5-2/h2,7-8,10-11,14H,4,6,9,12-13H2,1,3H3,(H,18,19). The predicted octanol–water partition coefficient (Wildman–Crippen LogP) is 2.94. The first-order valence-electron chi connectivity index (χ1n) is 7.10. The Bertz CT molecular complexity index is 445. The molecule has 0 heterocycles. The van der Waals surface area contributed by atoms with Crippen LogP contribution in [-0.4, -0.2) is 18.6 Å². The van der Waals surface area contributed by atoms with Crippen LogP contribution in [0.1, 0.15) is 38.7 Å². The average Bonchev–Trinajstić information content (AvgIpc) is 2.44. The van der Waals surface area contributed by atoms with Crippen molar-refractivity contribution in [3.8, 4) is 18.1 Å². The summed E-state index contributed by atoms with van der Waals surface area (Å²) in [7, 11) is 0. The molecule has 108 valence electrons. The van der Waals surface area contributed by atoms with Gasteiger partial charge < -0.3 is 10.1 Å². The van der Waals surface area contributed by atoms with Crippen molar-refractivity contribution in [3.05, 3.63) is 29.8 Å². The summed E-state index contributed by atoms with van der Waals surface area (Å²) in [6, 6.07) is 7.95. The number of carbonyl (C=O) groups excluding carboxylic acids is 1. The largest absolute Gasteiger partial charge is 0.481 e. The van der Waals surface area contributed by atoms with Gasteiger partial charge in [-0.25, -0.2) is 0 Å². The molecule has 0 fully saturated rings. The molecule has 0 radical (unpaired) electrons. The summed E-state index contributed by atoms with van der Waals surface area (Å²) >= 11 is 0. The van der Waals surface area contributed by atoms with E-state index < -0.39 is 0 Å². The number of benzene rings is 1. The van der Waals surface area contributed by atoms with Crippen LogP contribution in [0.4, 0.5) is 0 Å². The summed E-state index contributed by atoms with van der Waals surface area (Å²) in [5.41, 5.74) is 1.12. The summed E-state index contributed by atoms with van der Waals surface area (Å²) in [6.07, 6.45) is 8.48. The zero-order valence-corrected chi connectivity index (χ0v) is 12.3. The quantitative estimate of drug-likeness (QED) is 0.740. The van der Waals surface area contributed by atoms with E-state index in [1.807, 2.05) is 31.2 Å². The van der Waals surface area contributed by atoms with Gasteiger partial charge in [-0.1, -0.05) is 31.4 Å². The van der Waals surface area contributed by atoms with E-state index in [-0.39, 0.29) is 18.6 Å². The molecule has 0 bridgehead atoms. The van der Waals surface area contributed by atoms with Crippen LogP contribution in [0, 0.1) is 12.3 Å². The van der Waals surface area contributed by atoms with Gasteiger partial charge in [0.25, 0.3) is 0 Å². The van der Waals surface area contributed by atoms with Gasteiger partial charge >= 0.3 is 0 Å². The molecule has 1 aromatic carbocycles. The molecule has 3 nitrogen and oxygen atoms in total. The van der Waals surface area contributed by atoms with Crippen molar-refractivity contribution in [3.63, 3.8) is 0 Å². The molecule has 1 amide bonds. The van der Waals surface area contributed by atoms with Crippen LogP contribution < -0.4 is 10.1 Å². The zero-order valence-electron chi connectivity index (χ0n) is 12.3. The Balaban J connectivity index is 2.34. The number of rotatable bonds is 8. The number of carbonyl (C=O) groups is 1. The molecule has 20 heavy (non-hydrogen) atoms. The number of ether oxygens (including phenoxy) is 1. The Morgan fingerprint density at radius 2 is 2.10 bits per heavy atom. The minimum Gasteiger partial charge on any atom is -0.481 e. The van der Waals surface area contributed by atoms with Crippen molar-refractivity contribution in [1.29, 1.82) is 0 Å². The number of nitrogens with one attached hydrogen (secondary N) is 1. The molecule has 3 heteroatoms. The number of aryl methyl sites for hydroxylation is 1. The van der Waals surface area contributed by atoms with Crippen molar-refractivity contribution in [2.75, 3.05) is 6.61 Å². The third-order valence-corrected chi connectivity index (χ3v) is 3.02. The molecule has 1 unspecified atom stereocenters. The lowest BCUT2D eigenvalue weighted by molar-refractivity contribution is -0.121. The lowest BCUT2D eigenvalue weighted by Crippen LogP contribution is -2.32. The minimum atomic E-state index is 0.110. The van der Waals surface area contributed by atoms with E-state index in [1.54, 1.807) is 0 Å². The highest BCUT2D eigenvalue weighted by molar-refractivity contribution is 5.76. The van der Waals surface area contributed by atoms with Crippen LogP contribution in [0.15, 0.2) is 24.3 Å². The Morgan fingerprint density at radius 1 is 1.40 bits per heavy atom. The Morgan fingerprint density at radius 3 is 2.70 bits per heavy atom. The molecule has 0 saturated carbocycles. The fourth-order valence-electron chi connectivity index (χ4n) is 1.99. The first kappa shape index (κ1) is 16.1. The summed E-state index contributed by atoms with van der Waals surface area (Å²) in [4.78, 5) is 11.8. The number of terminal acetylenes is 1. The van der Waals surface area contributed by atoms with E-state index in [1.165, 1.54) is 0 Å². The number of amides is 1. The van der Waals surface area contributed by atoms with Gasteiger partial charge in [0.1, 0.15) is 12.4 Å². The molecule has 1 aromatic rings. The smallest absolute Gasteiger partial charge is 0.220 e. The SMILES string of the molecule is C#CCOc1ccc(CCC(=O)NC(C)CCC)cc1. The monoisotopic (exact) mass is 273 g/mol. The third-order valence-electron chi connectivity index (χ3n) is 3.02. The molecular weight excluding hydrogens is 250 g/mol. The van der Waals surface area contributed by atoms with Gasteiger partial charge in [0.05, 0.1) is 0 Å². The van der Waals surface area contributed by atoms with Crippen molar-refractivity contribution in [2.24, 2.45) is 0 Å². The van der Waals surface area contributed by atoms with Crippen LogP contribution in [0.2, 0.25) is 0 Å². The molecule has 1 rings (SSSR count). The maximum Gasteiger partial charge on any atom is 0.220 e. The zero-order chi connectivity index (χ0) is 14.8. The number of hydrogen-bond acceptors (Lipinski definition) is 2. The highest BCUT2D eigenvalue weighted by atomic mass is 16.5. The normalized spacial score (nSPS) is 11.4. The molecule has 0 aliphatic carbocycles. The average molecular weight is 273 g/mol. The second-order valence-corrected chi connectivity index (χ2v) is 4.89. The van der Waals surface area contributed by atoms with Crippen LogP contribution in [0.5, 0.6) is 5.75 Å². The highest BCUT2D eigenvalue weighted by Crippen LogP contribution is 2.13. The molecule has 0 aliphatic heterocycles. The maximum atomic E-state index is 11.8. The van der Waals surface area contributed by atoms with Crippen LogP contribution in [0.25, 0.3) is 0 Å². The van der Waals surface area contributed by atoms with Gasteiger partial charge in [-0.2, -0.15) is 0 Å². The highest BCUT2D eigenvalue weighted by Gasteiger charge is 2.06. The van der Waals surface area contributed by atoms with Crippen LogP contribution >= 0.6 is 0 Å². The summed E-state index contributed by atoms with van der Waals surface area (Å²) in [6.45, 7) is 4.43. The van der Waals surface area contributed by atoms with E-state index in [4.69, 9.17) is 11.2 Å². The lowest BCUT2D eigenvalue weighted by Gasteiger charge is -2.12. The van der Waals surface area contributed by atoms with E-state index in [0.717, 1.165) is 30.6 Å². The third kappa shape index (κ3) is 6.29. The molecule has 0 spiro atoms. The predicted molar refractivity (Wildman–Crippen MR) is 81.6 cm³/mol. The Labute approximate surface area is 121 Å². The van der Waals surface area contributed by atoms with Crippen LogP contribution in [0.3, 0.4) is 0 Å². The number of hydrogen-bond donors (Lipinski definition) is 1. The summed E-state index contributed by atoms with van der Waals surface area (Å²) in [5, 5.41) is 3.00. The fraction of sp³-hybridized carbons (Fsp3) is 0.471. The molecule has 0 aliphatic rings. The van der Waals surface area contributed by atoms with Gasteiger partial charge in [0.15, 0.2) is 0 Å². The Hall–Kier alpha value is -1.95. The lowest BCUT2D eigenvalue weighted by atomic mass is 10.1. The van der Waals surface area contributed by atoms with Gasteiger partial charge in [-0.05, 0) is 37.5 Å². The van der Waals surface area contributed by atoms with E-state index in [9.17, 15) is 4.79 Å². The van der Waals surface area contributed by atoms with Gasteiger partial charge in [-0.15, -0.1) is 6.42 Å². The fourth-order valence-corrected chi connectivity index (χ4v) is 1.99. The van der Waals surface area contributed by atoms with Gasteiger partial charge in [0.2, 0.25) is 5.91 Å². The molecule has 0 saturated heterocycles. The molecule has 0 aromatic heterocycles. The van der Waals surface area contributed by atoms with Crippen molar-refractivity contribution in [2.45, 2.75) is 45.6 Å². The first-order valence-corrected chi connectivity index (χ1v) is 7.10. The Kier molecular flexibility index (Phi) is 7.27. The summed E-state index contributed by atoms with van der Waals surface area (Å²) < 4.78 is 5.30. The molecule has 1 atom stereocenters. The van der Waals surface area contributed by atoms with Crippen molar-refractivity contribution in [1.82, 2.24) is 5.32 Å². The molecular formula is C17H23NO2. The van der Waals surface area contributed by atoms with E-state index in [2.05, 4.69) is 18.2 Å². The topological polar surface area (TPSA) is 38.3 Å². The molecule has 1 N–H and O–H groups in total. The second kappa shape index (κ2) is 9.03. The summed E-state index contributed by atoms with van der Waals surface area (Å²) in [5.74, 6) is 3.29. The van der Waals surface area contributed by atoms with Crippen molar-refractivity contribution >= 4 is 5.91 Å². The minimum absolute atomic E-state index is 0.110. The maximum absolute atomic E-state index is 11.8. The van der Waals surface area contributed by atoms with Gasteiger partial charge in [-0.3, -0.25) is 4.79 Å².